The summed E-state index contributed by atoms with van der Waals surface area (Å²) in [4.78, 5) is 22.3. The van der Waals surface area contributed by atoms with Gasteiger partial charge in [-0.15, -0.1) is 0 Å². The van der Waals surface area contributed by atoms with E-state index in [1.807, 2.05) is 0 Å². The van der Waals surface area contributed by atoms with Crippen molar-refractivity contribution in [3.8, 4) is 0 Å². The van der Waals surface area contributed by atoms with E-state index in [1.54, 1.807) is 12.1 Å². The molecule has 3 N–H and O–H groups in total. The third-order valence-electron chi connectivity index (χ3n) is 2.47. The van der Waals surface area contributed by atoms with Gasteiger partial charge in [-0.2, -0.15) is 0 Å². The molecule has 1 aromatic carbocycles. The normalized spacial score (nSPS) is 23.5. The zero-order valence-corrected chi connectivity index (χ0v) is 9.61. The second kappa shape index (κ2) is 3.57. The molecule has 0 aromatic heterocycles. The molecule has 5 nitrogen and oxygen atoms in total. The number of hydrogen-bond donors (Lipinski definition) is 3. The Balaban J connectivity index is 2.64. The van der Waals surface area contributed by atoms with Gasteiger partial charge in [-0.3, -0.25) is 4.79 Å². The first-order valence-electron chi connectivity index (χ1n) is 4.49. The van der Waals surface area contributed by atoms with Crippen molar-refractivity contribution < 1.29 is 19.8 Å². The summed E-state index contributed by atoms with van der Waals surface area (Å²) in [6.07, 6.45) is -0.480. The molecule has 0 saturated carbocycles. The van der Waals surface area contributed by atoms with Crippen LogP contribution in [0.4, 0.5) is 5.69 Å². The van der Waals surface area contributed by atoms with Crippen LogP contribution in [0.3, 0.4) is 0 Å². The molecule has 16 heavy (non-hydrogen) atoms. The maximum absolute atomic E-state index is 11.3. The van der Waals surface area contributed by atoms with Crippen molar-refractivity contribution in [3.63, 3.8) is 0 Å². The fraction of sp³-hybridized carbons (Fsp3) is 0.200. The van der Waals surface area contributed by atoms with E-state index in [-0.39, 0.29) is 5.56 Å². The van der Waals surface area contributed by atoms with Gasteiger partial charge in [-0.1, -0.05) is 15.9 Å². The number of carbonyl (C=O) groups is 2. The summed E-state index contributed by atoms with van der Waals surface area (Å²) in [5, 5.41) is 21.5. The second-order valence-electron chi connectivity index (χ2n) is 3.58. The molecule has 0 saturated heterocycles. The number of fused-ring (bicyclic) bond motifs is 1. The molecule has 1 aliphatic rings. The number of carboxylic acid groups (broad SMARTS) is 1. The van der Waals surface area contributed by atoms with Crippen LogP contribution in [-0.4, -0.2) is 22.1 Å². The Morgan fingerprint density at radius 3 is 2.81 bits per heavy atom. The Kier molecular flexibility index (Phi) is 2.47. The van der Waals surface area contributed by atoms with Gasteiger partial charge >= 0.3 is 5.97 Å². The number of aliphatic carboxylic acids is 1. The number of halogens is 1. The summed E-state index contributed by atoms with van der Waals surface area (Å²) < 4.78 is 0.641. The van der Waals surface area contributed by atoms with Crippen LogP contribution >= 0.6 is 15.9 Å². The standard InChI is InChI=1S/C10H8BrNO4/c11-5-1-2-7-6(3-5)10(16,9(14)15)4-8(13)12-7/h1-3,16H,4H2,(H,12,13)(H,14,15). The lowest BCUT2D eigenvalue weighted by Crippen LogP contribution is -2.43. The Labute approximate surface area is 99.2 Å². The first-order valence-corrected chi connectivity index (χ1v) is 5.28. The molecule has 6 heteroatoms. The Hall–Kier alpha value is -1.40. The first kappa shape index (κ1) is 11.1. The van der Waals surface area contributed by atoms with Crippen molar-refractivity contribution in [1.82, 2.24) is 0 Å². The van der Waals surface area contributed by atoms with Crippen molar-refractivity contribution in [3.05, 3.63) is 28.2 Å². The molecule has 1 aromatic rings. The van der Waals surface area contributed by atoms with Crippen LogP contribution < -0.4 is 5.32 Å². The fourth-order valence-corrected chi connectivity index (χ4v) is 2.04. The van der Waals surface area contributed by atoms with Crippen molar-refractivity contribution in [1.29, 1.82) is 0 Å². The lowest BCUT2D eigenvalue weighted by molar-refractivity contribution is -0.162. The quantitative estimate of drug-likeness (QED) is 0.720. The number of carboxylic acids is 1. The summed E-state index contributed by atoms with van der Waals surface area (Å²) in [5.74, 6) is -1.94. The smallest absolute Gasteiger partial charge is 0.341 e. The summed E-state index contributed by atoms with van der Waals surface area (Å²) in [6, 6.07) is 4.69. The number of rotatable bonds is 1. The van der Waals surface area contributed by atoms with E-state index in [9.17, 15) is 14.7 Å². The van der Waals surface area contributed by atoms with Crippen molar-refractivity contribution in [2.24, 2.45) is 0 Å². The molecule has 0 spiro atoms. The summed E-state index contributed by atoms with van der Waals surface area (Å²) >= 11 is 3.19. The summed E-state index contributed by atoms with van der Waals surface area (Å²) in [7, 11) is 0. The third kappa shape index (κ3) is 1.60. The number of amides is 1. The Morgan fingerprint density at radius 2 is 2.19 bits per heavy atom. The summed E-state index contributed by atoms with van der Waals surface area (Å²) in [6.45, 7) is 0. The van der Waals surface area contributed by atoms with E-state index in [0.717, 1.165) is 0 Å². The third-order valence-corrected chi connectivity index (χ3v) is 2.96. The van der Waals surface area contributed by atoms with Crippen LogP contribution in [0, 0.1) is 0 Å². The Bertz CT molecular complexity index is 488. The SMILES string of the molecule is O=C1CC(O)(C(=O)O)c2cc(Br)ccc2N1. The highest BCUT2D eigenvalue weighted by Gasteiger charge is 2.45. The zero-order valence-electron chi connectivity index (χ0n) is 8.03. The highest BCUT2D eigenvalue weighted by atomic mass is 79.9. The Morgan fingerprint density at radius 1 is 1.50 bits per heavy atom. The van der Waals surface area contributed by atoms with Crippen LogP contribution in [0.2, 0.25) is 0 Å². The van der Waals surface area contributed by atoms with E-state index in [2.05, 4.69) is 21.2 Å². The van der Waals surface area contributed by atoms with Crippen LogP contribution in [0.25, 0.3) is 0 Å². The van der Waals surface area contributed by atoms with Gasteiger partial charge in [0.25, 0.3) is 0 Å². The second-order valence-corrected chi connectivity index (χ2v) is 4.50. The average Bonchev–Trinajstić information content (AvgIpc) is 2.19. The molecule has 1 amide bonds. The fourth-order valence-electron chi connectivity index (χ4n) is 1.68. The van der Waals surface area contributed by atoms with Gasteiger partial charge < -0.3 is 15.5 Å². The van der Waals surface area contributed by atoms with Gasteiger partial charge in [0.05, 0.1) is 6.42 Å². The van der Waals surface area contributed by atoms with Gasteiger partial charge in [-0.25, -0.2) is 4.79 Å². The number of aliphatic hydroxyl groups is 1. The van der Waals surface area contributed by atoms with Gasteiger partial charge in [0.15, 0.2) is 5.60 Å². The molecule has 1 aliphatic heterocycles. The minimum absolute atomic E-state index is 0.189. The molecule has 84 valence electrons. The number of nitrogens with one attached hydrogen (secondary N) is 1. The average molecular weight is 286 g/mol. The number of anilines is 1. The van der Waals surface area contributed by atoms with Gasteiger partial charge in [0.2, 0.25) is 5.91 Å². The van der Waals surface area contributed by atoms with Crippen LogP contribution in [0.15, 0.2) is 22.7 Å². The van der Waals surface area contributed by atoms with E-state index in [0.29, 0.717) is 10.2 Å². The van der Waals surface area contributed by atoms with Crippen molar-refractivity contribution >= 4 is 33.5 Å². The molecular formula is C10H8BrNO4. The predicted molar refractivity (Wildman–Crippen MR) is 58.9 cm³/mol. The molecule has 0 bridgehead atoms. The predicted octanol–water partition coefficient (Wildman–Crippen LogP) is 1.06. The molecule has 0 fully saturated rings. The minimum Gasteiger partial charge on any atom is -0.479 e. The lowest BCUT2D eigenvalue weighted by atomic mass is 9.86. The maximum Gasteiger partial charge on any atom is 0.341 e. The monoisotopic (exact) mass is 285 g/mol. The number of hydrogen-bond acceptors (Lipinski definition) is 3. The molecule has 1 unspecified atom stereocenters. The molecule has 2 rings (SSSR count). The largest absolute Gasteiger partial charge is 0.479 e. The molecule has 1 heterocycles. The van der Waals surface area contributed by atoms with Gasteiger partial charge in [-0.05, 0) is 18.2 Å². The van der Waals surface area contributed by atoms with Crippen LogP contribution in [0.5, 0.6) is 0 Å². The van der Waals surface area contributed by atoms with Gasteiger partial charge in [0, 0.05) is 15.7 Å². The van der Waals surface area contributed by atoms with Crippen LogP contribution in [-0.2, 0) is 15.2 Å². The number of benzene rings is 1. The maximum atomic E-state index is 11.3. The molecule has 0 radical (unpaired) electrons. The minimum atomic E-state index is -2.15. The summed E-state index contributed by atoms with van der Waals surface area (Å²) in [5.41, 5.74) is -1.64. The molecular weight excluding hydrogens is 278 g/mol. The molecule has 1 atom stereocenters. The first-order chi connectivity index (χ1) is 7.43. The van der Waals surface area contributed by atoms with E-state index in [1.165, 1.54) is 6.07 Å². The van der Waals surface area contributed by atoms with E-state index < -0.39 is 23.9 Å². The highest BCUT2D eigenvalue weighted by molar-refractivity contribution is 9.10. The van der Waals surface area contributed by atoms with E-state index >= 15 is 0 Å². The zero-order chi connectivity index (χ0) is 11.9. The lowest BCUT2D eigenvalue weighted by Gasteiger charge is -2.30. The molecule has 0 aliphatic carbocycles. The topological polar surface area (TPSA) is 86.6 Å². The van der Waals surface area contributed by atoms with Crippen molar-refractivity contribution in [2.75, 3.05) is 5.32 Å². The number of carbonyl (C=O) groups excluding carboxylic acids is 1. The van der Waals surface area contributed by atoms with Gasteiger partial charge in [0.1, 0.15) is 0 Å². The van der Waals surface area contributed by atoms with E-state index in [4.69, 9.17) is 5.11 Å². The highest BCUT2D eigenvalue weighted by Crippen LogP contribution is 2.37. The van der Waals surface area contributed by atoms with Crippen LogP contribution in [0.1, 0.15) is 12.0 Å². The van der Waals surface area contributed by atoms with Crippen molar-refractivity contribution in [2.45, 2.75) is 12.0 Å².